The van der Waals surface area contributed by atoms with E-state index in [-0.39, 0.29) is 18.0 Å². The van der Waals surface area contributed by atoms with Crippen LogP contribution in [-0.4, -0.2) is 37.9 Å². The molecular weight excluding hydrogens is 426 g/mol. The van der Waals surface area contributed by atoms with E-state index >= 15 is 0 Å². The van der Waals surface area contributed by atoms with Crippen molar-refractivity contribution in [2.24, 2.45) is 0 Å². The molecule has 4 aromatic rings. The molecule has 0 unspecified atom stereocenters. The molecule has 0 spiro atoms. The van der Waals surface area contributed by atoms with Gasteiger partial charge in [0.1, 0.15) is 5.69 Å². The van der Waals surface area contributed by atoms with Gasteiger partial charge in [-0.2, -0.15) is 0 Å². The second kappa shape index (κ2) is 9.51. The van der Waals surface area contributed by atoms with Crippen molar-refractivity contribution in [2.45, 2.75) is 51.1 Å². The van der Waals surface area contributed by atoms with Crippen molar-refractivity contribution in [1.29, 1.82) is 0 Å². The molecule has 1 amide bonds. The first kappa shape index (κ1) is 21.9. The minimum atomic E-state index is -0.171. The zero-order valence-electron chi connectivity index (χ0n) is 19.2. The van der Waals surface area contributed by atoms with Gasteiger partial charge in [0.25, 0.3) is 5.91 Å². The molecule has 8 nitrogen and oxygen atoms in total. The van der Waals surface area contributed by atoms with Crippen LogP contribution in [0.25, 0.3) is 22.2 Å². The smallest absolute Gasteiger partial charge is 0.270 e. The van der Waals surface area contributed by atoms with E-state index in [1.165, 1.54) is 6.20 Å². The van der Waals surface area contributed by atoms with E-state index in [1.54, 1.807) is 12.1 Å². The lowest BCUT2D eigenvalue weighted by Gasteiger charge is -2.30. The van der Waals surface area contributed by atoms with Crippen molar-refractivity contribution in [2.75, 3.05) is 11.1 Å². The molecule has 1 aliphatic rings. The highest BCUT2D eigenvalue weighted by molar-refractivity contribution is 5.95. The summed E-state index contributed by atoms with van der Waals surface area (Å²) >= 11 is 0. The van der Waals surface area contributed by atoms with Crippen molar-refractivity contribution in [1.82, 2.24) is 25.3 Å². The number of amides is 1. The third-order valence-electron chi connectivity index (χ3n) is 6.45. The number of H-pyrrole nitrogens is 1. The molecule has 0 radical (unpaired) electrons. The molecule has 8 heteroatoms. The number of aromatic amines is 1. The number of nitrogen functional groups attached to an aromatic ring is 1. The number of nitrogens with two attached hydrogens (primary N) is 1. The Morgan fingerprint density at radius 2 is 1.97 bits per heavy atom. The van der Waals surface area contributed by atoms with Crippen molar-refractivity contribution < 1.29 is 4.79 Å². The lowest BCUT2D eigenvalue weighted by Crippen LogP contribution is -2.42. The molecule has 1 fully saturated rings. The van der Waals surface area contributed by atoms with Gasteiger partial charge in [-0.15, -0.1) is 0 Å². The van der Waals surface area contributed by atoms with E-state index in [0.717, 1.165) is 59.8 Å². The molecule has 3 aromatic heterocycles. The van der Waals surface area contributed by atoms with Crippen LogP contribution in [-0.2, 0) is 6.42 Å². The van der Waals surface area contributed by atoms with Crippen molar-refractivity contribution >= 4 is 28.4 Å². The molecule has 5 rings (SSSR count). The average molecular weight is 456 g/mol. The fraction of sp³-hybridized carbons (Fsp3) is 0.308. The summed E-state index contributed by atoms with van der Waals surface area (Å²) < 4.78 is 0. The van der Waals surface area contributed by atoms with Crippen LogP contribution in [0.4, 0.5) is 11.6 Å². The quantitative estimate of drug-likeness (QED) is 0.344. The van der Waals surface area contributed by atoms with Gasteiger partial charge in [0.15, 0.2) is 0 Å². The molecule has 1 aromatic carbocycles. The Hall–Kier alpha value is -3.94. The number of aryl methyl sites for hydroxylation is 1. The Morgan fingerprint density at radius 3 is 2.79 bits per heavy atom. The highest BCUT2D eigenvalue weighted by Crippen LogP contribution is 2.31. The second-order valence-corrected chi connectivity index (χ2v) is 8.82. The first-order chi connectivity index (χ1) is 16.6. The Kier molecular flexibility index (Phi) is 6.12. The maximum absolute atomic E-state index is 12.6. The number of pyridine rings is 1. The van der Waals surface area contributed by atoms with Crippen molar-refractivity contribution in [3.05, 3.63) is 66.2 Å². The van der Waals surface area contributed by atoms with Crippen LogP contribution in [0.5, 0.6) is 0 Å². The van der Waals surface area contributed by atoms with Crippen LogP contribution < -0.4 is 16.4 Å². The number of carbonyl (C=O) groups is 1. The first-order valence-electron chi connectivity index (χ1n) is 11.8. The number of rotatable bonds is 6. The largest absolute Gasteiger partial charge is 0.397 e. The monoisotopic (exact) mass is 455 g/mol. The van der Waals surface area contributed by atoms with Gasteiger partial charge >= 0.3 is 0 Å². The predicted molar refractivity (Wildman–Crippen MR) is 134 cm³/mol. The van der Waals surface area contributed by atoms with Crippen LogP contribution >= 0.6 is 0 Å². The topological polar surface area (TPSA) is 122 Å². The van der Waals surface area contributed by atoms with Crippen molar-refractivity contribution in [3.8, 4) is 11.3 Å². The summed E-state index contributed by atoms with van der Waals surface area (Å²) in [5, 5.41) is 7.78. The molecule has 5 N–H and O–H groups in total. The number of anilines is 2. The molecule has 0 saturated heterocycles. The Labute approximate surface area is 198 Å². The standard InChI is InChI=1S/C26H29N7O/c1-2-16-13-30-26(33-24(16)21-15-29-22-9-4-3-8-20(21)22)32-19-7-5-6-18(12-19)31-25(34)23-11-10-17(27)14-28-23/h3-4,8-11,13-15,18-19,29H,2,5-7,12,27H2,1H3,(H,31,34)(H,30,32,33)/t18-,19+/m0/s1. The lowest BCUT2D eigenvalue weighted by atomic mass is 9.91. The Morgan fingerprint density at radius 1 is 1.12 bits per heavy atom. The maximum Gasteiger partial charge on any atom is 0.270 e. The molecule has 34 heavy (non-hydrogen) atoms. The van der Waals surface area contributed by atoms with Gasteiger partial charge in [-0.3, -0.25) is 4.79 Å². The van der Waals surface area contributed by atoms with E-state index in [1.807, 2.05) is 24.5 Å². The molecular formula is C26H29N7O. The van der Waals surface area contributed by atoms with Crippen LogP contribution in [0.2, 0.25) is 0 Å². The molecule has 3 heterocycles. The summed E-state index contributed by atoms with van der Waals surface area (Å²) in [6.07, 6.45) is 10.1. The minimum Gasteiger partial charge on any atom is -0.397 e. The van der Waals surface area contributed by atoms with E-state index in [9.17, 15) is 4.79 Å². The molecule has 0 aliphatic heterocycles. The number of hydrogen-bond donors (Lipinski definition) is 4. The summed E-state index contributed by atoms with van der Waals surface area (Å²) in [7, 11) is 0. The van der Waals surface area contributed by atoms with Crippen LogP contribution in [0, 0.1) is 0 Å². The van der Waals surface area contributed by atoms with Gasteiger partial charge in [-0.05, 0) is 55.9 Å². The molecule has 174 valence electrons. The summed E-state index contributed by atoms with van der Waals surface area (Å²) in [4.78, 5) is 29.6. The maximum atomic E-state index is 12.6. The third kappa shape index (κ3) is 4.57. The Bertz CT molecular complexity index is 1300. The zero-order valence-corrected chi connectivity index (χ0v) is 19.2. The number of nitrogens with one attached hydrogen (secondary N) is 3. The van der Waals surface area contributed by atoms with Crippen LogP contribution in [0.3, 0.4) is 0 Å². The fourth-order valence-corrected chi connectivity index (χ4v) is 4.67. The molecule has 1 aliphatic carbocycles. The van der Waals surface area contributed by atoms with E-state index in [0.29, 0.717) is 17.3 Å². The minimum absolute atomic E-state index is 0.0705. The SMILES string of the molecule is CCc1cnc(N[C@@H]2CCC[C@H](NC(=O)c3ccc(N)cn3)C2)nc1-c1c[nH]c2ccccc12. The first-order valence-corrected chi connectivity index (χ1v) is 11.8. The fourth-order valence-electron chi connectivity index (χ4n) is 4.67. The highest BCUT2D eigenvalue weighted by atomic mass is 16.1. The summed E-state index contributed by atoms with van der Waals surface area (Å²) in [6, 6.07) is 11.8. The second-order valence-electron chi connectivity index (χ2n) is 8.82. The average Bonchev–Trinajstić information content (AvgIpc) is 3.29. The number of carbonyl (C=O) groups excluding carboxylic acids is 1. The Balaban J connectivity index is 1.30. The van der Waals surface area contributed by atoms with Crippen LogP contribution in [0.1, 0.15) is 48.7 Å². The zero-order chi connectivity index (χ0) is 23.5. The number of para-hydroxylation sites is 1. The van der Waals surface area contributed by atoms with Crippen LogP contribution in [0.15, 0.2) is 55.0 Å². The van der Waals surface area contributed by atoms with E-state index < -0.39 is 0 Å². The number of aromatic nitrogens is 4. The van der Waals surface area contributed by atoms with Gasteiger partial charge < -0.3 is 21.4 Å². The van der Waals surface area contributed by atoms with Gasteiger partial charge in [0.2, 0.25) is 5.95 Å². The molecule has 0 bridgehead atoms. The van der Waals surface area contributed by atoms with Gasteiger partial charge in [0, 0.05) is 40.9 Å². The summed E-state index contributed by atoms with van der Waals surface area (Å²) in [6.45, 7) is 2.12. The van der Waals surface area contributed by atoms with Gasteiger partial charge in [0.05, 0.1) is 17.6 Å². The predicted octanol–water partition coefficient (Wildman–Crippen LogP) is 4.32. The third-order valence-corrected chi connectivity index (χ3v) is 6.45. The van der Waals surface area contributed by atoms with E-state index in [4.69, 9.17) is 10.7 Å². The molecule has 2 atom stereocenters. The van der Waals surface area contributed by atoms with Crippen molar-refractivity contribution in [3.63, 3.8) is 0 Å². The lowest BCUT2D eigenvalue weighted by molar-refractivity contribution is 0.0921. The highest BCUT2D eigenvalue weighted by Gasteiger charge is 2.25. The van der Waals surface area contributed by atoms with Gasteiger partial charge in [-0.25, -0.2) is 15.0 Å². The number of benzene rings is 1. The summed E-state index contributed by atoms with van der Waals surface area (Å²) in [5.74, 6) is 0.450. The summed E-state index contributed by atoms with van der Waals surface area (Å²) in [5.41, 5.74) is 10.8. The number of fused-ring (bicyclic) bond motifs is 1. The van der Waals surface area contributed by atoms with E-state index in [2.05, 4.69) is 44.6 Å². The van der Waals surface area contributed by atoms with Gasteiger partial charge in [-0.1, -0.05) is 25.1 Å². The normalized spacial score (nSPS) is 18.0. The number of hydrogen-bond acceptors (Lipinski definition) is 6. The number of nitrogens with zero attached hydrogens (tertiary/aromatic N) is 3. The molecule has 1 saturated carbocycles.